The van der Waals surface area contributed by atoms with Crippen LogP contribution in [0.1, 0.15) is 35.7 Å². The van der Waals surface area contributed by atoms with E-state index in [4.69, 9.17) is 4.74 Å². The van der Waals surface area contributed by atoms with Crippen molar-refractivity contribution in [2.45, 2.75) is 19.8 Å². The van der Waals surface area contributed by atoms with Crippen LogP contribution in [0.15, 0.2) is 24.3 Å². The van der Waals surface area contributed by atoms with E-state index in [1.807, 2.05) is 32.0 Å². The van der Waals surface area contributed by atoms with Gasteiger partial charge in [-0.15, -0.1) is 0 Å². The van der Waals surface area contributed by atoms with Crippen LogP contribution >= 0.6 is 0 Å². The van der Waals surface area contributed by atoms with Gasteiger partial charge in [0.1, 0.15) is 0 Å². The zero-order chi connectivity index (χ0) is 11.3. The summed E-state index contributed by atoms with van der Waals surface area (Å²) in [7, 11) is 2.77. The van der Waals surface area contributed by atoms with Gasteiger partial charge in [-0.2, -0.15) is 0 Å². The molecule has 15 heavy (non-hydrogen) atoms. The van der Waals surface area contributed by atoms with Crippen LogP contribution in [0.2, 0.25) is 0 Å². The Hall–Kier alpha value is -1.13. The van der Waals surface area contributed by atoms with Crippen LogP contribution in [-0.4, -0.2) is 23.2 Å². The molecule has 79 valence electrons. The van der Waals surface area contributed by atoms with Crippen molar-refractivity contribution in [1.82, 2.24) is 0 Å². The molecule has 0 aliphatic heterocycles. The van der Waals surface area contributed by atoms with E-state index in [1.165, 1.54) is 0 Å². The van der Waals surface area contributed by atoms with E-state index in [-0.39, 0.29) is 18.7 Å². The maximum Gasteiger partial charge on any atom is 0.340 e. The second-order valence-corrected chi connectivity index (χ2v) is 3.72. The first-order valence-corrected chi connectivity index (χ1v) is 5.12. The van der Waals surface area contributed by atoms with E-state index in [1.54, 1.807) is 6.07 Å². The summed E-state index contributed by atoms with van der Waals surface area (Å²) in [4.78, 5) is 11.6. The summed E-state index contributed by atoms with van der Waals surface area (Å²) in [6.45, 7) is 3.97. The number of hydrogen-bond donors (Lipinski definition) is 0. The monoisotopic (exact) mass is 221 g/mol. The Morgan fingerprint density at radius 3 is 2.67 bits per heavy atom. The molecular formula is C11H13O3Si. The second-order valence-electron chi connectivity index (χ2n) is 3.44. The molecule has 0 amide bonds. The van der Waals surface area contributed by atoms with Gasteiger partial charge >= 0.3 is 5.97 Å². The van der Waals surface area contributed by atoms with Gasteiger partial charge in [-0.1, -0.05) is 32.0 Å². The smallest absolute Gasteiger partial charge is 0.340 e. The van der Waals surface area contributed by atoms with E-state index < -0.39 is 0 Å². The van der Waals surface area contributed by atoms with Crippen LogP contribution in [-0.2, 0) is 9.16 Å². The second kappa shape index (κ2) is 5.68. The lowest BCUT2D eigenvalue weighted by molar-refractivity contribution is 0.0176. The van der Waals surface area contributed by atoms with Gasteiger partial charge < -0.3 is 9.16 Å². The number of benzene rings is 1. The van der Waals surface area contributed by atoms with Crippen LogP contribution in [0, 0.1) is 0 Å². The molecule has 0 heterocycles. The fraction of sp³-hybridized carbons (Fsp3) is 0.364. The summed E-state index contributed by atoms with van der Waals surface area (Å²) >= 11 is 0. The SMILES string of the molecule is CC(C)c1ccccc1C(=O)OCO[Si]. The predicted molar refractivity (Wildman–Crippen MR) is 57.7 cm³/mol. The molecule has 0 aromatic heterocycles. The highest BCUT2D eigenvalue weighted by molar-refractivity contribution is 5.98. The number of esters is 1. The summed E-state index contributed by atoms with van der Waals surface area (Å²) in [6.07, 6.45) is 0. The van der Waals surface area contributed by atoms with Gasteiger partial charge in [0.05, 0.1) is 5.56 Å². The Labute approximate surface area is 92.9 Å². The number of carbonyl (C=O) groups excluding carboxylic acids is 1. The first kappa shape index (κ1) is 11.9. The summed E-state index contributed by atoms with van der Waals surface area (Å²) in [5.41, 5.74) is 1.58. The van der Waals surface area contributed by atoms with Crippen molar-refractivity contribution in [3.63, 3.8) is 0 Å². The molecule has 0 bridgehead atoms. The average Bonchev–Trinajstić information content (AvgIpc) is 2.25. The number of ether oxygens (including phenoxy) is 1. The highest BCUT2D eigenvalue weighted by atomic mass is 28.2. The van der Waals surface area contributed by atoms with Gasteiger partial charge in [-0.25, -0.2) is 4.79 Å². The Kier molecular flexibility index (Phi) is 4.52. The Morgan fingerprint density at radius 2 is 2.07 bits per heavy atom. The molecule has 0 N–H and O–H groups in total. The Balaban J connectivity index is 2.87. The molecule has 0 fully saturated rings. The third-order valence-corrected chi connectivity index (χ3v) is 2.17. The highest BCUT2D eigenvalue weighted by Crippen LogP contribution is 2.19. The van der Waals surface area contributed by atoms with Crippen molar-refractivity contribution in [3.05, 3.63) is 35.4 Å². The zero-order valence-electron chi connectivity index (χ0n) is 8.82. The molecule has 3 nitrogen and oxygen atoms in total. The minimum absolute atomic E-state index is 0.0951. The molecule has 3 radical (unpaired) electrons. The zero-order valence-corrected chi connectivity index (χ0v) is 9.82. The third kappa shape index (κ3) is 3.18. The summed E-state index contributed by atoms with van der Waals surface area (Å²) in [5.74, 6) is -0.0734. The third-order valence-electron chi connectivity index (χ3n) is 2.05. The maximum atomic E-state index is 11.6. The number of hydrogen-bond acceptors (Lipinski definition) is 3. The largest absolute Gasteiger partial charge is 0.436 e. The number of rotatable bonds is 4. The van der Waals surface area contributed by atoms with Crippen molar-refractivity contribution < 1.29 is 14.0 Å². The molecule has 0 saturated carbocycles. The van der Waals surface area contributed by atoms with Crippen molar-refractivity contribution >= 4 is 16.5 Å². The van der Waals surface area contributed by atoms with Crippen LogP contribution in [0.5, 0.6) is 0 Å². The molecule has 4 heteroatoms. The van der Waals surface area contributed by atoms with Crippen molar-refractivity contribution in [1.29, 1.82) is 0 Å². The van der Waals surface area contributed by atoms with Crippen molar-refractivity contribution in [3.8, 4) is 0 Å². The summed E-state index contributed by atoms with van der Waals surface area (Å²) in [6, 6.07) is 7.41. The van der Waals surface area contributed by atoms with Gasteiger partial charge in [0.25, 0.3) is 10.5 Å². The van der Waals surface area contributed by atoms with E-state index >= 15 is 0 Å². The van der Waals surface area contributed by atoms with Crippen molar-refractivity contribution in [2.24, 2.45) is 0 Å². The van der Waals surface area contributed by atoms with E-state index in [0.717, 1.165) is 5.56 Å². The lowest BCUT2D eigenvalue weighted by Crippen LogP contribution is -2.11. The first-order valence-electron chi connectivity index (χ1n) is 4.71. The first-order chi connectivity index (χ1) is 7.16. The molecule has 1 rings (SSSR count). The fourth-order valence-electron chi connectivity index (χ4n) is 1.35. The summed E-state index contributed by atoms with van der Waals surface area (Å²) in [5, 5.41) is 0. The molecule has 0 unspecified atom stereocenters. The average molecular weight is 221 g/mol. The van der Waals surface area contributed by atoms with E-state index in [9.17, 15) is 4.79 Å². The number of carbonyl (C=O) groups is 1. The summed E-state index contributed by atoms with van der Waals surface area (Å²) < 4.78 is 9.36. The molecule has 1 aromatic rings. The van der Waals surface area contributed by atoms with Crippen LogP contribution in [0.4, 0.5) is 0 Å². The van der Waals surface area contributed by atoms with Crippen LogP contribution in [0.25, 0.3) is 0 Å². The molecule has 0 aliphatic carbocycles. The van der Waals surface area contributed by atoms with Crippen LogP contribution < -0.4 is 0 Å². The van der Waals surface area contributed by atoms with Crippen molar-refractivity contribution in [2.75, 3.05) is 6.79 Å². The van der Waals surface area contributed by atoms with E-state index in [0.29, 0.717) is 5.56 Å². The Morgan fingerprint density at radius 1 is 1.40 bits per heavy atom. The minimum atomic E-state index is -0.363. The molecule has 0 atom stereocenters. The van der Waals surface area contributed by atoms with Gasteiger partial charge in [0, 0.05) is 0 Å². The maximum absolute atomic E-state index is 11.6. The quantitative estimate of drug-likeness (QED) is 0.443. The standard InChI is InChI=1S/C11H13O3Si/c1-8(2)9-5-3-4-6-10(9)11(12)13-7-14-15/h3-6,8H,7H2,1-2H3. The lowest BCUT2D eigenvalue weighted by atomic mass is 9.97. The minimum Gasteiger partial charge on any atom is -0.436 e. The van der Waals surface area contributed by atoms with Gasteiger partial charge in [0.2, 0.25) is 0 Å². The predicted octanol–water partition coefficient (Wildman–Crippen LogP) is 2.02. The van der Waals surface area contributed by atoms with Gasteiger partial charge in [-0.3, -0.25) is 0 Å². The molecule has 0 saturated heterocycles. The Bertz CT molecular complexity index is 336. The highest BCUT2D eigenvalue weighted by Gasteiger charge is 2.13. The fourth-order valence-corrected chi connectivity index (χ4v) is 1.41. The molecule has 0 spiro atoms. The normalized spacial score (nSPS) is 10.4. The molecular weight excluding hydrogens is 208 g/mol. The van der Waals surface area contributed by atoms with Crippen LogP contribution in [0.3, 0.4) is 0 Å². The molecule has 0 aliphatic rings. The van der Waals surface area contributed by atoms with Gasteiger partial charge in [0.15, 0.2) is 6.79 Å². The van der Waals surface area contributed by atoms with Gasteiger partial charge in [-0.05, 0) is 17.5 Å². The topological polar surface area (TPSA) is 35.5 Å². The lowest BCUT2D eigenvalue weighted by Gasteiger charge is -2.11. The molecule has 1 aromatic carbocycles. The van der Waals surface area contributed by atoms with E-state index in [2.05, 4.69) is 14.9 Å².